The Hall–Kier alpha value is -3.02. The SMILES string of the molecule is C=C/C=C(\N=C(C)Nc1ccc(C(C)=O)cc1)c1ccc(Cl)cc1.CCc1ccc(F)c(Br)c1. The number of hydrogen-bond acceptors (Lipinski definition) is 2. The molecular formula is C28H27BrClFN2O. The third-order valence-corrected chi connectivity index (χ3v) is 5.57. The average Bonchev–Trinajstić information content (AvgIpc) is 2.82. The van der Waals surface area contributed by atoms with Gasteiger partial charge in [-0.2, -0.15) is 0 Å². The molecule has 0 radical (unpaired) electrons. The van der Waals surface area contributed by atoms with Crippen molar-refractivity contribution in [2.45, 2.75) is 27.2 Å². The van der Waals surface area contributed by atoms with E-state index >= 15 is 0 Å². The van der Waals surface area contributed by atoms with Crippen LogP contribution in [0.5, 0.6) is 0 Å². The monoisotopic (exact) mass is 540 g/mol. The third kappa shape index (κ3) is 8.73. The second-order valence-electron chi connectivity index (χ2n) is 7.35. The lowest BCUT2D eigenvalue weighted by atomic mass is 10.1. The number of carbonyl (C=O) groups excluding carboxylic acids is 1. The number of amidine groups is 1. The second-order valence-corrected chi connectivity index (χ2v) is 8.64. The van der Waals surface area contributed by atoms with E-state index in [1.165, 1.54) is 6.07 Å². The minimum absolute atomic E-state index is 0.0471. The number of anilines is 1. The van der Waals surface area contributed by atoms with Gasteiger partial charge in [-0.05, 0) is 96.4 Å². The molecule has 0 aliphatic heterocycles. The summed E-state index contributed by atoms with van der Waals surface area (Å²) in [5.41, 5.74) is 4.44. The number of hydrogen-bond donors (Lipinski definition) is 1. The van der Waals surface area contributed by atoms with Gasteiger partial charge in [-0.15, -0.1) is 0 Å². The molecule has 0 heterocycles. The van der Waals surface area contributed by atoms with Crippen molar-refractivity contribution >= 4 is 50.5 Å². The summed E-state index contributed by atoms with van der Waals surface area (Å²) in [5.74, 6) is 0.580. The van der Waals surface area contributed by atoms with Crippen molar-refractivity contribution in [1.82, 2.24) is 0 Å². The van der Waals surface area contributed by atoms with Crippen molar-refractivity contribution in [3.05, 3.63) is 117 Å². The van der Waals surface area contributed by atoms with Gasteiger partial charge < -0.3 is 5.32 Å². The van der Waals surface area contributed by atoms with Gasteiger partial charge in [0.25, 0.3) is 0 Å². The van der Waals surface area contributed by atoms with Gasteiger partial charge >= 0.3 is 0 Å². The van der Waals surface area contributed by atoms with E-state index in [1.807, 2.05) is 56.3 Å². The van der Waals surface area contributed by atoms with Crippen LogP contribution in [-0.4, -0.2) is 11.6 Å². The van der Waals surface area contributed by atoms with Crippen LogP contribution in [0, 0.1) is 5.82 Å². The van der Waals surface area contributed by atoms with Crippen LogP contribution in [0.2, 0.25) is 5.02 Å². The molecule has 0 aliphatic rings. The highest BCUT2D eigenvalue weighted by Gasteiger charge is 2.03. The highest BCUT2D eigenvalue weighted by Crippen LogP contribution is 2.20. The molecule has 0 amide bonds. The van der Waals surface area contributed by atoms with Crippen molar-refractivity contribution in [2.24, 2.45) is 4.99 Å². The highest BCUT2D eigenvalue weighted by atomic mass is 79.9. The summed E-state index contributed by atoms with van der Waals surface area (Å²) in [5, 5.41) is 3.90. The fourth-order valence-electron chi connectivity index (χ4n) is 2.90. The predicted molar refractivity (Wildman–Crippen MR) is 146 cm³/mol. The van der Waals surface area contributed by atoms with E-state index in [-0.39, 0.29) is 11.6 Å². The first-order valence-corrected chi connectivity index (χ1v) is 11.9. The molecule has 0 unspecified atom stereocenters. The first-order valence-electron chi connectivity index (χ1n) is 10.7. The molecule has 6 heteroatoms. The topological polar surface area (TPSA) is 41.5 Å². The Morgan fingerprint density at radius 2 is 1.68 bits per heavy atom. The molecule has 1 N–H and O–H groups in total. The summed E-state index contributed by atoms with van der Waals surface area (Å²) >= 11 is 9.04. The number of halogens is 3. The standard InChI is InChI=1S/C20H19ClN2O.C8H8BrF/c1-4-5-20(17-6-10-18(21)11-7-17)23-15(3)22-19-12-8-16(9-13-19)14(2)24;1-2-6-3-4-8(10)7(9)5-6/h4-13H,1H2,2-3H3,(H,22,23);3-5H,2H2,1H3/b20-5-;. The number of aliphatic imine (C=N–C) groups is 1. The Balaban J connectivity index is 0.000000340. The fraction of sp³-hybridized carbons (Fsp3) is 0.143. The van der Waals surface area contributed by atoms with E-state index in [4.69, 9.17) is 11.6 Å². The Morgan fingerprint density at radius 1 is 1.06 bits per heavy atom. The molecule has 0 bridgehead atoms. The van der Waals surface area contributed by atoms with Gasteiger partial charge in [0.15, 0.2) is 5.78 Å². The van der Waals surface area contributed by atoms with E-state index in [1.54, 1.807) is 37.3 Å². The molecule has 3 rings (SSSR count). The molecule has 3 nitrogen and oxygen atoms in total. The molecule has 0 atom stereocenters. The molecule has 176 valence electrons. The summed E-state index contributed by atoms with van der Waals surface area (Å²) in [6.07, 6.45) is 4.48. The van der Waals surface area contributed by atoms with Crippen molar-refractivity contribution in [3.8, 4) is 0 Å². The molecule has 0 aliphatic carbocycles. The van der Waals surface area contributed by atoms with E-state index in [2.05, 4.69) is 32.8 Å². The molecule has 3 aromatic carbocycles. The molecular weight excluding hydrogens is 515 g/mol. The summed E-state index contributed by atoms with van der Waals surface area (Å²) in [6.45, 7) is 9.21. The highest BCUT2D eigenvalue weighted by molar-refractivity contribution is 9.10. The normalized spacial score (nSPS) is 11.4. The zero-order valence-electron chi connectivity index (χ0n) is 19.4. The summed E-state index contributed by atoms with van der Waals surface area (Å²) < 4.78 is 13.1. The zero-order chi connectivity index (χ0) is 25.1. The Labute approximate surface area is 214 Å². The minimum Gasteiger partial charge on any atom is -0.344 e. The molecule has 0 saturated heterocycles. The smallest absolute Gasteiger partial charge is 0.159 e. The van der Waals surface area contributed by atoms with Gasteiger partial charge in [0.1, 0.15) is 11.7 Å². The van der Waals surface area contributed by atoms with E-state index in [0.29, 0.717) is 15.1 Å². The lowest BCUT2D eigenvalue weighted by Crippen LogP contribution is -2.07. The molecule has 0 spiro atoms. The first kappa shape index (κ1) is 27.2. The minimum atomic E-state index is -0.197. The number of rotatable bonds is 6. The zero-order valence-corrected chi connectivity index (χ0v) is 21.8. The second kappa shape index (κ2) is 13.6. The maximum atomic E-state index is 12.6. The number of nitrogens with one attached hydrogen (secondary N) is 1. The lowest BCUT2D eigenvalue weighted by Gasteiger charge is -2.08. The number of allylic oxidation sites excluding steroid dienone is 2. The Bertz CT molecular complexity index is 1190. The van der Waals surface area contributed by atoms with Gasteiger partial charge in [0.05, 0.1) is 10.2 Å². The van der Waals surface area contributed by atoms with E-state index < -0.39 is 0 Å². The number of nitrogens with zero attached hydrogens (tertiary/aromatic N) is 1. The van der Waals surface area contributed by atoms with Crippen LogP contribution in [-0.2, 0) is 6.42 Å². The summed E-state index contributed by atoms with van der Waals surface area (Å²) in [7, 11) is 0. The maximum Gasteiger partial charge on any atom is 0.159 e. The maximum absolute atomic E-state index is 12.6. The van der Waals surface area contributed by atoms with Crippen molar-refractivity contribution in [3.63, 3.8) is 0 Å². The largest absolute Gasteiger partial charge is 0.344 e. The number of benzene rings is 3. The van der Waals surface area contributed by atoms with E-state index in [9.17, 15) is 9.18 Å². The predicted octanol–water partition coefficient (Wildman–Crippen LogP) is 8.75. The first-order chi connectivity index (χ1) is 16.2. The van der Waals surface area contributed by atoms with Gasteiger partial charge in [-0.3, -0.25) is 4.79 Å². The van der Waals surface area contributed by atoms with Crippen LogP contribution in [0.3, 0.4) is 0 Å². The quantitative estimate of drug-likeness (QED) is 0.147. The van der Waals surface area contributed by atoms with Crippen molar-refractivity contribution in [2.75, 3.05) is 5.32 Å². The van der Waals surface area contributed by atoms with Crippen LogP contribution in [0.15, 0.2) is 94.9 Å². The van der Waals surface area contributed by atoms with Crippen LogP contribution in [0.1, 0.15) is 42.3 Å². The van der Waals surface area contributed by atoms with Crippen molar-refractivity contribution < 1.29 is 9.18 Å². The molecule has 0 aromatic heterocycles. The number of carbonyl (C=O) groups is 1. The molecule has 34 heavy (non-hydrogen) atoms. The Morgan fingerprint density at radius 3 is 2.21 bits per heavy atom. The van der Waals surface area contributed by atoms with Crippen molar-refractivity contribution in [1.29, 1.82) is 0 Å². The fourth-order valence-corrected chi connectivity index (χ4v) is 3.45. The average molecular weight is 542 g/mol. The van der Waals surface area contributed by atoms with E-state index in [0.717, 1.165) is 34.8 Å². The summed E-state index contributed by atoms with van der Waals surface area (Å²) in [4.78, 5) is 15.9. The van der Waals surface area contributed by atoms with Gasteiger partial charge in [0, 0.05) is 21.8 Å². The molecule has 0 fully saturated rings. The van der Waals surface area contributed by atoms with Gasteiger partial charge in [-0.25, -0.2) is 9.38 Å². The molecule has 3 aromatic rings. The van der Waals surface area contributed by atoms with Gasteiger partial charge in [-0.1, -0.05) is 49.4 Å². The van der Waals surface area contributed by atoms with Crippen LogP contribution in [0.25, 0.3) is 5.70 Å². The van der Waals surface area contributed by atoms with Gasteiger partial charge in [0.2, 0.25) is 0 Å². The lowest BCUT2D eigenvalue weighted by molar-refractivity contribution is 0.101. The van der Waals surface area contributed by atoms with Crippen LogP contribution >= 0.6 is 27.5 Å². The van der Waals surface area contributed by atoms with Crippen LogP contribution in [0.4, 0.5) is 10.1 Å². The number of aryl methyl sites for hydroxylation is 1. The molecule has 0 saturated carbocycles. The number of ketones is 1. The van der Waals surface area contributed by atoms with Crippen LogP contribution < -0.4 is 5.32 Å². The number of Topliss-reactive ketones (excluding diaryl/α,β-unsaturated/α-hetero) is 1. The summed E-state index contributed by atoms with van der Waals surface area (Å²) in [6, 6.07) is 19.8. The Kier molecular flexibility index (Phi) is 10.9. The third-order valence-electron chi connectivity index (χ3n) is 4.71.